The minimum Gasteiger partial charge on any atom is -0.326 e. The van der Waals surface area contributed by atoms with Crippen LogP contribution in [0.5, 0.6) is 0 Å². The van der Waals surface area contributed by atoms with E-state index in [1.165, 1.54) is 0 Å². The fourth-order valence-corrected chi connectivity index (χ4v) is 3.44. The zero-order chi connectivity index (χ0) is 15.0. The number of nitrogens with zero attached hydrogens (tertiary/aromatic N) is 2. The molecular weight excluding hydrogens is 281 g/mol. The number of carbonyl (C=O) groups is 1. The molecule has 1 aromatic carbocycles. The van der Waals surface area contributed by atoms with Gasteiger partial charge in [0, 0.05) is 31.7 Å². The van der Waals surface area contributed by atoms with Gasteiger partial charge in [-0.05, 0) is 18.4 Å². The van der Waals surface area contributed by atoms with Crippen LogP contribution < -0.4 is 0 Å². The zero-order valence-electron chi connectivity index (χ0n) is 11.5. The average Bonchev–Trinajstić information content (AvgIpc) is 2.69. The van der Waals surface area contributed by atoms with Crippen molar-refractivity contribution in [2.75, 3.05) is 13.1 Å². The third kappa shape index (κ3) is 2.90. The molecule has 0 N–H and O–H groups in total. The lowest BCUT2D eigenvalue weighted by Crippen LogP contribution is -2.58. The molecule has 6 heteroatoms. The van der Waals surface area contributed by atoms with Gasteiger partial charge in [-0.1, -0.05) is 30.3 Å². The Labute approximate surface area is 121 Å². The van der Waals surface area contributed by atoms with Crippen molar-refractivity contribution in [1.29, 1.82) is 0 Å². The zero-order valence-corrected chi connectivity index (χ0v) is 11.5. The lowest BCUT2D eigenvalue weighted by Gasteiger charge is -2.41. The molecule has 1 amide bonds. The fourth-order valence-electron chi connectivity index (χ4n) is 3.44. The van der Waals surface area contributed by atoms with Crippen LogP contribution in [0, 0.1) is 0 Å². The summed E-state index contributed by atoms with van der Waals surface area (Å²) in [6.07, 6.45) is -3.43. The Balaban J connectivity index is 1.68. The number of alkyl halides is 3. The number of benzene rings is 1. The van der Waals surface area contributed by atoms with E-state index in [2.05, 4.69) is 4.90 Å². The predicted molar refractivity (Wildman–Crippen MR) is 71.4 cm³/mol. The first-order chi connectivity index (χ1) is 9.95. The van der Waals surface area contributed by atoms with Gasteiger partial charge in [-0.3, -0.25) is 9.69 Å². The van der Waals surface area contributed by atoms with E-state index in [0.717, 1.165) is 17.0 Å². The van der Waals surface area contributed by atoms with Gasteiger partial charge in [0.25, 0.3) is 0 Å². The molecule has 2 bridgehead atoms. The third-order valence-electron chi connectivity index (χ3n) is 4.28. The summed E-state index contributed by atoms with van der Waals surface area (Å²) in [7, 11) is 0. The van der Waals surface area contributed by atoms with Crippen LogP contribution in [0.25, 0.3) is 0 Å². The van der Waals surface area contributed by atoms with E-state index in [1.807, 2.05) is 30.3 Å². The Bertz CT molecular complexity index is 503. The number of amides is 1. The van der Waals surface area contributed by atoms with Crippen molar-refractivity contribution in [1.82, 2.24) is 9.80 Å². The Morgan fingerprint density at radius 3 is 2.19 bits per heavy atom. The lowest BCUT2D eigenvalue weighted by molar-refractivity contribution is -0.191. The van der Waals surface area contributed by atoms with Crippen LogP contribution in [0.1, 0.15) is 18.4 Å². The molecule has 2 atom stereocenters. The molecule has 2 heterocycles. The Morgan fingerprint density at radius 1 is 1.10 bits per heavy atom. The van der Waals surface area contributed by atoms with Crippen LogP contribution in [0.15, 0.2) is 30.3 Å². The van der Waals surface area contributed by atoms with Crippen LogP contribution in [0.2, 0.25) is 0 Å². The Hall–Kier alpha value is -1.56. The molecule has 21 heavy (non-hydrogen) atoms. The first-order valence-electron chi connectivity index (χ1n) is 7.11. The molecule has 0 saturated carbocycles. The van der Waals surface area contributed by atoms with Crippen LogP contribution in [-0.4, -0.2) is 47.1 Å². The molecule has 3 nitrogen and oxygen atoms in total. The Morgan fingerprint density at radius 2 is 1.67 bits per heavy atom. The highest BCUT2D eigenvalue weighted by molar-refractivity contribution is 5.83. The molecule has 2 aliphatic rings. The van der Waals surface area contributed by atoms with Crippen LogP contribution in [-0.2, 0) is 11.3 Å². The molecule has 2 unspecified atom stereocenters. The largest absolute Gasteiger partial charge is 0.471 e. The van der Waals surface area contributed by atoms with E-state index in [0.29, 0.717) is 25.9 Å². The number of fused-ring (bicyclic) bond motifs is 2. The van der Waals surface area contributed by atoms with E-state index in [-0.39, 0.29) is 12.1 Å². The molecule has 114 valence electrons. The van der Waals surface area contributed by atoms with Gasteiger partial charge in [0.15, 0.2) is 0 Å². The Kier molecular flexibility index (Phi) is 3.65. The third-order valence-corrected chi connectivity index (χ3v) is 4.28. The smallest absolute Gasteiger partial charge is 0.326 e. The van der Waals surface area contributed by atoms with Crippen LogP contribution in [0.3, 0.4) is 0 Å². The average molecular weight is 298 g/mol. The maximum Gasteiger partial charge on any atom is 0.471 e. The second-order valence-electron chi connectivity index (χ2n) is 5.77. The molecule has 0 aromatic heterocycles. The molecule has 2 aliphatic heterocycles. The van der Waals surface area contributed by atoms with Crippen molar-refractivity contribution >= 4 is 5.91 Å². The molecule has 2 fully saturated rings. The minimum absolute atomic E-state index is 0.304. The summed E-state index contributed by atoms with van der Waals surface area (Å²) in [5.74, 6) is -1.67. The van der Waals surface area contributed by atoms with Crippen molar-refractivity contribution in [3.63, 3.8) is 0 Å². The van der Waals surface area contributed by atoms with Gasteiger partial charge in [-0.15, -0.1) is 0 Å². The summed E-state index contributed by atoms with van der Waals surface area (Å²) in [6, 6.07) is 9.25. The summed E-state index contributed by atoms with van der Waals surface area (Å²) in [6.45, 7) is 1.77. The summed E-state index contributed by atoms with van der Waals surface area (Å²) in [4.78, 5) is 14.7. The maximum atomic E-state index is 12.6. The molecule has 3 rings (SSSR count). The summed E-state index contributed by atoms with van der Waals surface area (Å²) < 4.78 is 37.9. The highest BCUT2D eigenvalue weighted by Gasteiger charge is 2.51. The first-order valence-corrected chi connectivity index (χ1v) is 7.11. The van der Waals surface area contributed by atoms with Gasteiger partial charge >= 0.3 is 12.1 Å². The highest BCUT2D eigenvalue weighted by atomic mass is 19.4. The van der Waals surface area contributed by atoms with Crippen molar-refractivity contribution < 1.29 is 18.0 Å². The molecular formula is C15H17F3N2O. The summed E-state index contributed by atoms with van der Waals surface area (Å²) >= 11 is 0. The number of hydrogen-bond donors (Lipinski definition) is 0. The second-order valence-corrected chi connectivity index (χ2v) is 5.77. The van der Waals surface area contributed by atoms with Gasteiger partial charge in [0.2, 0.25) is 0 Å². The predicted octanol–water partition coefficient (Wildman–Crippen LogP) is 2.42. The minimum atomic E-state index is -4.76. The molecule has 0 aliphatic carbocycles. The van der Waals surface area contributed by atoms with Gasteiger partial charge in [0.1, 0.15) is 0 Å². The number of carbonyl (C=O) groups excluding carboxylic acids is 1. The van der Waals surface area contributed by atoms with Crippen LogP contribution in [0.4, 0.5) is 13.2 Å². The van der Waals surface area contributed by atoms with Gasteiger partial charge in [-0.2, -0.15) is 13.2 Å². The monoisotopic (exact) mass is 298 g/mol. The van der Waals surface area contributed by atoms with E-state index in [1.54, 1.807) is 0 Å². The summed E-state index contributed by atoms with van der Waals surface area (Å²) in [5, 5.41) is 0. The topological polar surface area (TPSA) is 23.6 Å². The van der Waals surface area contributed by atoms with Crippen molar-refractivity contribution in [2.24, 2.45) is 0 Å². The van der Waals surface area contributed by atoms with E-state index < -0.39 is 12.1 Å². The van der Waals surface area contributed by atoms with Gasteiger partial charge in [0.05, 0.1) is 0 Å². The summed E-state index contributed by atoms with van der Waals surface area (Å²) in [5.41, 5.74) is 1.15. The van der Waals surface area contributed by atoms with E-state index in [9.17, 15) is 18.0 Å². The fraction of sp³-hybridized carbons (Fsp3) is 0.533. The molecule has 1 aromatic rings. The quantitative estimate of drug-likeness (QED) is 0.837. The molecule has 0 radical (unpaired) electrons. The number of halogens is 3. The number of piperazine rings is 1. The standard InChI is InChI=1S/C15H17F3N2O/c16-15(17,18)14(21)20-12-6-7-13(20)10-19(9-12)8-11-4-2-1-3-5-11/h1-5,12-13H,6-10H2. The molecule has 2 saturated heterocycles. The van der Waals surface area contributed by atoms with Crippen molar-refractivity contribution in [3.05, 3.63) is 35.9 Å². The lowest BCUT2D eigenvalue weighted by atomic mass is 10.1. The highest BCUT2D eigenvalue weighted by Crippen LogP contribution is 2.34. The van der Waals surface area contributed by atoms with Crippen molar-refractivity contribution in [2.45, 2.75) is 37.6 Å². The SMILES string of the molecule is O=C(N1C2CCC1CN(Cc1ccccc1)C2)C(F)(F)F. The normalized spacial score (nSPS) is 26.1. The van der Waals surface area contributed by atoms with Gasteiger partial charge < -0.3 is 4.90 Å². The molecule has 0 spiro atoms. The van der Waals surface area contributed by atoms with Crippen LogP contribution >= 0.6 is 0 Å². The second kappa shape index (κ2) is 5.33. The maximum absolute atomic E-state index is 12.6. The van der Waals surface area contributed by atoms with Crippen molar-refractivity contribution in [3.8, 4) is 0 Å². The van der Waals surface area contributed by atoms with Gasteiger partial charge in [-0.25, -0.2) is 0 Å². The number of hydrogen-bond acceptors (Lipinski definition) is 2. The first kappa shape index (κ1) is 14.4. The number of likely N-dealkylation sites (tertiary alicyclic amines) is 1. The number of rotatable bonds is 2. The van der Waals surface area contributed by atoms with E-state index in [4.69, 9.17) is 0 Å². The van der Waals surface area contributed by atoms with E-state index >= 15 is 0 Å².